The van der Waals surface area contributed by atoms with Crippen molar-refractivity contribution in [1.82, 2.24) is 0 Å². The van der Waals surface area contributed by atoms with Crippen molar-refractivity contribution >= 4 is 33.0 Å². The van der Waals surface area contributed by atoms with Crippen LogP contribution in [0.1, 0.15) is 18.4 Å². The number of benzene rings is 2. The van der Waals surface area contributed by atoms with Gasteiger partial charge in [0.1, 0.15) is 4.90 Å². The molecule has 126 valence electrons. The molecule has 2 aliphatic heterocycles. The summed E-state index contributed by atoms with van der Waals surface area (Å²) in [6, 6.07) is 12.7. The van der Waals surface area contributed by atoms with Crippen LogP contribution in [0, 0.1) is 0 Å². The molecule has 4 rings (SSSR count). The zero-order chi connectivity index (χ0) is 16.7. The first-order valence-electron chi connectivity index (χ1n) is 8.22. The van der Waals surface area contributed by atoms with Gasteiger partial charge in [-0.05, 0) is 55.2 Å². The fourth-order valence-corrected chi connectivity index (χ4v) is 5.55. The van der Waals surface area contributed by atoms with Crippen LogP contribution in [0.4, 0.5) is 11.4 Å². The van der Waals surface area contributed by atoms with E-state index in [0.717, 1.165) is 30.8 Å². The van der Waals surface area contributed by atoms with Crippen molar-refractivity contribution in [2.45, 2.75) is 24.2 Å². The van der Waals surface area contributed by atoms with Crippen LogP contribution in [0.25, 0.3) is 0 Å². The first-order valence-corrected chi connectivity index (χ1v) is 10.0. The van der Waals surface area contributed by atoms with Crippen LogP contribution >= 0.6 is 11.6 Å². The first kappa shape index (κ1) is 15.8. The summed E-state index contributed by atoms with van der Waals surface area (Å²) < 4.78 is 27.5. The molecule has 0 saturated carbocycles. The smallest absolute Gasteiger partial charge is 0.265 e. The molecule has 2 aromatic rings. The lowest BCUT2D eigenvalue weighted by Crippen LogP contribution is -2.29. The number of anilines is 2. The van der Waals surface area contributed by atoms with Crippen molar-refractivity contribution in [2.75, 3.05) is 28.8 Å². The van der Waals surface area contributed by atoms with Crippen LogP contribution in [0.5, 0.6) is 0 Å². The van der Waals surface area contributed by atoms with Gasteiger partial charge in [0.2, 0.25) is 0 Å². The van der Waals surface area contributed by atoms with E-state index in [2.05, 4.69) is 11.0 Å². The Kier molecular flexibility index (Phi) is 3.93. The Balaban J connectivity index is 1.70. The maximum atomic E-state index is 13.0. The van der Waals surface area contributed by atoms with E-state index in [1.54, 1.807) is 24.3 Å². The number of halogens is 1. The van der Waals surface area contributed by atoms with Gasteiger partial charge >= 0.3 is 0 Å². The highest BCUT2D eigenvalue weighted by atomic mass is 35.5. The predicted octanol–water partition coefficient (Wildman–Crippen LogP) is 3.69. The molecule has 2 heterocycles. The Labute approximate surface area is 147 Å². The van der Waals surface area contributed by atoms with Crippen LogP contribution in [-0.4, -0.2) is 28.1 Å². The van der Waals surface area contributed by atoms with E-state index in [1.165, 1.54) is 22.8 Å². The lowest BCUT2D eigenvalue weighted by Gasteiger charge is -2.22. The summed E-state index contributed by atoms with van der Waals surface area (Å²) >= 11 is 6.11. The fourth-order valence-electron chi connectivity index (χ4n) is 3.55. The molecule has 2 aromatic carbocycles. The maximum absolute atomic E-state index is 13.0. The summed E-state index contributed by atoms with van der Waals surface area (Å²) in [5.41, 5.74) is 3.07. The van der Waals surface area contributed by atoms with Crippen LogP contribution in [0.15, 0.2) is 47.4 Å². The number of hydrogen-bond donors (Lipinski definition) is 0. The second kappa shape index (κ2) is 5.97. The zero-order valence-corrected chi connectivity index (χ0v) is 14.9. The third-order valence-electron chi connectivity index (χ3n) is 4.79. The van der Waals surface area contributed by atoms with Gasteiger partial charge in [-0.15, -0.1) is 0 Å². The molecule has 0 unspecified atom stereocenters. The highest BCUT2D eigenvalue weighted by molar-refractivity contribution is 7.93. The molecule has 0 radical (unpaired) electrons. The summed E-state index contributed by atoms with van der Waals surface area (Å²) in [6.07, 6.45) is 3.19. The molecule has 0 aromatic heterocycles. The third-order valence-corrected chi connectivity index (χ3v) is 7.10. The van der Waals surface area contributed by atoms with Gasteiger partial charge in [-0.25, -0.2) is 8.42 Å². The molecule has 0 amide bonds. The molecule has 0 N–H and O–H groups in total. The number of rotatable bonds is 3. The number of sulfonamides is 1. The molecular formula is C18H19ClN2O2S. The van der Waals surface area contributed by atoms with Gasteiger partial charge in [0.15, 0.2) is 0 Å². The van der Waals surface area contributed by atoms with Crippen molar-refractivity contribution in [3.63, 3.8) is 0 Å². The van der Waals surface area contributed by atoms with Crippen LogP contribution in [0.3, 0.4) is 0 Å². The van der Waals surface area contributed by atoms with Gasteiger partial charge < -0.3 is 4.90 Å². The molecule has 0 aliphatic carbocycles. The highest BCUT2D eigenvalue weighted by Crippen LogP contribution is 2.37. The Morgan fingerprint density at radius 3 is 2.46 bits per heavy atom. The minimum absolute atomic E-state index is 0.170. The second-order valence-corrected chi connectivity index (χ2v) is 8.50. The minimum atomic E-state index is -3.63. The topological polar surface area (TPSA) is 40.6 Å². The molecule has 6 heteroatoms. The summed E-state index contributed by atoms with van der Waals surface area (Å²) in [7, 11) is -3.63. The van der Waals surface area contributed by atoms with E-state index in [0.29, 0.717) is 6.54 Å². The number of fused-ring (bicyclic) bond motifs is 1. The summed E-state index contributed by atoms with van der Waals surface area (Å²) in [5.74, 6) is 0. The van der Waals surface area contributed by atoms with E-state index in [4.69, 9.17) is 11.6 Å². The van der Waals surface area contributed by atoms with E-state index in [-0.39, 0.29) is 9.92 Å². The maximum Gasteiger partial charge on any atom is 0.265 e. The second-order valence-electron chi connectivity index (χ2n) is 6.26. The Hall–Kier alpha value is -1.72. The third kappa shape index (κ3) is 2.56. The normalized spacial score (nSPS) is 17.4. The van der Waals surface area contributed by atoms with E-state index >= 15 is 0 Å². The Morgan fingerprint density at radius 1 is 0.958 bits per heavy atom. The van der Waals surface area contributed by atoms with Gasteiger partial charge in [-0.2, -0.15) is 0 Å². The van der Waals surface area contributed by atoms with Gasteiger partial charge in [-0.3, -0.25) is 4.31 Å². The van der Waals surface area contributed by atoms with Gasteiger partial charge in [0.25, 0.3) is 10.0 Å². The zero-order valence-electron chi connectivity index (χ0n) is 13.3. The highest BCUT2D eigenvalue weighted by Gasteiger charge is 2.32. The Bertz CT molecular complexity index is 876. The number of nitrogens with zero attached hydrogens (tertiary/aromatic N) is 2. The molecular weight excluding hydrogens is 344 g/mol. The van der Waals surface area contributed by atoms with E-state index in [9.17, 15) is 8.42 Å². The van der Waals surface area contributed by atoms with Crippen molar-refractivity contribution < 1.29 is 8.42 Å². The monoisotopic (exact) mass is 362 g/mol. The van der Waals surface area contributed by atoms with Crippen molar-refractivity contribution in [3.05, 3.63) is 53.1 Å². The van der Waals surface area contributed by atoms with Gasteiger partial charge in [-0.1, -0.05) is 23.7 Å². The first-order chi connectivity index (χ1) is 11.6. The quantitative estimate of drug-likeness (QED) is 0.836. The van der Waals surface area contributed by atoms with Crippen LogP contribution < -0.4 is 9.21 Å². The molecule has 1 fully saturated rings. The van der Waals surface area contributed by atoms with Crippen LogP contribution in [-0.2, 0) is 16.4 Å². The Morgan fingerprint density at radius 2 is 1.71 bits per heavy atom. The van der Waals surface area contributed by atoms with Crippen molar-refractivity contribution in [1.29, 1.82) is 0 Å². The fraction of sp³-hybridized carbons (Fsp3) is 0.333. The lowest BCUT2D eigenvalue weighted by molar-refractivity contribution is 0.592. The lowest BCUT2D eigenvalue weighted by atomic mass is 10.1. The van der Waals surface area contributed by atoms with Gasteiger partial charge in [0.05, 0.1) is 10.7 Å². The molecule has 0 spiro atoms. The molecule has 24 heavy (non-hydrogen) atoms. The average molecular weight is 363 g/mol. The summed E-state index contributed by atoms with van der Waals surface area (Å²) in [6.45, 7) is 2.63. The molecule has 0 bridgehead atoms. The van der Waals surface area contributed by atoms with E-state index in [1.807, 2.05) is 12.1 Å². The molecule has 1 saturated heterocycles. The SMILES string of the molecule is O=S(=O)(c1ccccc1Cl)N1CCc2cc(N3CCCC3)ccc21. The largest absolute Gasteiger partial charge is 0.372 e. The summed E-state index contributed by atoms with van der Waals surface area (Å²) in [5, 5.41) is 0.264. The predicted molar refractivity (Wildman–Crippen MR) is 97.6 cm³/mol. The van der Waals surface area contributed by atoms with Crippen molar-refractivity contribution in [3.8, 4) is 0 Å². The van der Waals surface area contributed by atoms with Crippen LogP contribution in [0.2, 0.25) is 5.02 Å². The average Bonchev–Trinajstić information content (AvgIpc) is 3.24. The summed E-state index contributed by atoms with van der Waals surface area (Å²) in [4.78, 5) is 2.54. The standard InChI is InChI=1S/C18H19ClN2O2S/c19-16-5-1-2-6-18(16)24(22,23)21-12-9-14-13-15(7-8-17(14)21)20-10-3-4-11-20/h1-2,5-8,13H,3-4,9-12H2. The molecule has 4 nitrogen and oxygen atoms in total. The minimum Gasteiger partial charge on any atom is -0.372 e. The van der Waals surface area contributed by atoms with Gasteiger partial charge in [0, 0.05) is 25.3 Å². The molecule has 2 aliphatic rings. The number of hydrogen-bond acceptors (Lipinski definition) is 3. The van der Waals surface area contributed by atoms with Crippen molar-refractivity contribution in [2.24, 2.45) is 0 Å². The van der Waals surface area contributed by atoms with E-state index < -0.39 is 10.0 Å². The molecule has 0 atom stereocenters.